The molecular weight excluding hydrogens is 1940 g/mol. The summed E-state index contributed by atoms with van der Waals surface area (Å²) >= 11 is 31.6. The third-order valence-corrected chi connectivity index (χ3v) is 32.1. The van der Waals surface area contributed by atoms with Crippen LogP contribution in [0.2, 0.25) is 25.1 Å². The predicted octanol–water partition coefficient (Wildman–Crippen LogP) is 22.9. The molecule has 0 fully saturated rings. The van der Waals surface area contributed by atoms with Gasteiger partial charge in [0, 0.05) is 128 Å². The molecule has 5 aliphatic carbocycles. The Hall–Kier alpha value is -12.7. The van der Waals surface area contributed by atoms with Gasteiger partial charge in [0.25, 0.3) is 11.4 Å². The van der Waals surface area contributed by atoms with Gasteiger partial charge in [0.15, 0.2) is 0 Å². The van der Waals surface area contributed by atoms with Crippen LogP contribution in [0.3, 0.4) is 0 Å². The van der Waals surface area contributed by atoms with Gasteiger partial charge in [0.05, 0.1) is 52.3 Å². The van der Waals surface area contributed by atoms with Crippen molar-refractivity contribution in [2.24, 2.45) is 10.9 Å². The molecule has 0 spiro atoms. The van der Waals surface area contributed by atoms with Crippen molar-refractivity contribution in [2.75, 3.05) is 68.0 Å². The summed E-state index contributed by atoms with van der Waals surface area (Å²) in [6.07, 6.45) is 18.1. The molecule has 0 unspecified atom stereocenters. The fraction of sp³-hybridized carbons (Fsp3) is 0.328. The number of nitrogens with two attached hydrogens (primary N) is 1. The van der Waals surface area contributed by atoms with E-state index in [2.05, 4.69) is 132 Å². The van der Waals surface area contributed by atoms with Crippen molar-refractivity contribution in [2.45, 2.75) is 178 Å². The Morgan fingerprint density at radius 1 is 0.359 bits per heavy atom. The molecule has 0 saturated carbocycles. The number of hydrogen-bond acceptors (Lipinski definition) is 21. The fourth-order valence-corrected chi connectivity index (χ4v) is 24.4. The zero-order valence-electron chi connectivity index (χ0n) is 80.2. The zero-order valence-corrected chi connectivity index (χ0v) is 84.0. The smallest absolute Gasteiger partial charge is 0.343 e. The van der Waals surface area contributed by atoms with Crippen LogP contribution in [0.4, 0.5) is 11.4 Å². The van der Waals surface area contributed by atoms with Crippen LogP contribution in [-0.2, 0) is 69.0 Å². The first-order valence-corrected chi connectivity index (χ1v) is 50.3. The summed E-state index contributed by atoms with van der Waals surface area (Å²) in [6, 6.07) is 66.5. The maximum atomic E-state index is 12.8. The molecule has 0 saturated heterocycles. The van der Waals surface area contributed by atoms with Gasteiger partial charge in [-0.2, -0.15) is 0 Å². The second-order valence-electron chi connectivity index (χ2n) is 38.6. The number of fused-ring (bicyclic) bond motifs is 25. The van der Waals surface area contributed by atoms with Crippen molar-refractivity contribution in [1.82, 2.24) is 24.5 Å². The van der Waals surface area contributed by atoms with Crippen molar-refractivity contribution in [1.29, 1.82) is 0 Å². The summed E-state index contributed by atoms with van der Waals surface area (Å²) in [5, 5.41) is 66.4. The molecule has 1 amide bonds. The quantitative estimate of drug-likeness (QED) is 0.0170. The van der Waals surface area contributed by atoms with E-state index in [0.29, 0.717) is 77.9 Å². The Labute approximate surface area is 870 Å². The number of halogens is 5. The lowest BCUT2D eigenvalue weighted by Gasteiger charge is -2.38. The highest BCUT2D eigenvalue weighted by Gasteiger charge is 2.44. The molecule has 29 heteroatoms. The summed E-state index contributed by atoms with van der Waals surface area (Å²) < 4.78 is 11.4. The highest BCUT2D eigenvalue weighted by atomic mass is 35.5. The predicted molar refractivity (Wildman–Crippen MR) is 570 cm³/mol. The van der Waals surface area contributed by atoms with Crippen LogP contribution in [0, 0.1) is 20.2 Å². The number of ether oxygens (including phenoxy) is 2. The fourth-order valence-electron chi connectivity index (χ4n) is 23.3. The number of hydrogen-bond donors (Lipinski definition) is 5. The third-order valence-electron chi connectivity index (χ3n) is 30.6. The van der Waals surface area contributed by atoms with Crippen molar-refractivity contribution in [3.63, 3.8) is 0 Å². The summed E-state index contributed by atoms with van der Waals surface area (Å²) in [7, 11) is 10.8. The summed E-state index contributed by atoms with van der Waals surface area (Å²) in [6.45, 7) is 6.21. The molecule has 0 bridgehead atoms. The van der Waals surface area contributed by atoms with E-state index in [4.69, 9.17) is 83.2 Å². The first kappa shape index (κ1) is 107. The number of aromatic hydroxyl groups is 3. The van der Waals surface area contributed by atoms with Crippen LogP contribution in [0.5, 0.6) is 28.7 Å². The second-order valence-corrected chi connectivity index (χ2v) is 40.7. The van der Waals surface area contributed by atoms with E-state index in [9.17, 15) is 54.7 Å². The van der Waals surface area contributed by atoms with Crippen LogP contribution in [0.15, 0.2) is 217 Å². The molecule has 22 rings (SSSR count). The van der Waals surface area contributed by atoms with Crippen molar-refractivity contribution in [3.05, 3.63) is 397 Å². The van der Waals surface area contributed by atoms with Gasteiger partial charge in [-0.25, -0.2) is 9.59 Å². The van der Waals surface area contributed by atoms with Gasteiger partial charge < -0.3 is 65.0 Å². The number of aldehydes is 2. The molecule has 10 atom stereocenters. The van der Waals surface area contributed by atoms with Gasteiger partial charge in [-0.15, -0.1) is 0 Å². The minimum atomic E-state index is -0.599. The number of carbonyl (C=O) groups is 5. The summed E-state index contributed by atoms with van der Waals surface area (Å²) in [4.78, 5) is 90.1. The maximum Gasteiger partial charge on any atom is 0.343 e. The topological polar surface area (TPSA) is 326 Å². The molecule has 5 aliphatic heterocycles. The SMILES string of the molecule is C.C.CC=O.CN1CCc2cc(Cl)c(O)cc2[C@H]2c3cc(/C=N/O)ccc3CC[C@@H]21.CN1CCc2cc(Cl)c(O)cc2[C@H]2c3cc(C(N)=O)ccc3CC[C@@H]21.CN1CCc2cc(Cl)c(O)cc2[C@H]2c3cc(C=O)ccc3CC[C@@H]21.CN1CCc2cc(Cl)c(OC(=O)c3ccc([N+](=O)[O-])cc3)cc2[C@H]2c3ccccc3CC[C@@H]21.CN1CCc2cc(Cl)c(OC(=O)c3ccc([N+](=O)[O-])cc3)cc2[C@H]2c3ccccc3CC[C@@H]21. The molecule has 0 radical (unpaired) electrons. The van der Waals surface area contributed by atoms with E-state index in [-0.39, 0.29) is 84.2 Å². The molecule has 12 aromatic rings. The third kappa shape index (κ3) is 22.7. The van der Waals surface area contributed by atoms with Gasteiger partial charge in [-0.1, -0.05) is 157 Å². The second kappa shape index (κ2) is 46.4. The Kier molecular flexibility index (Phi) is 34.1. The van der Waals surface area contributed by atoms with Crippen molar-refractivity contribution >= 4 is 106 Å². The number of amides is 1. The number of carbonyl (C=O) groups excluding carboxylic acids is 5. The van der Waals surface area contributed by atoms with Crippen molar-refractivity contribution < 1.29 is 63.8 Å². The molecule has 5 heterocycles. The molecule has 10 aliphatic rings. The molecule has 6 N–H and O–H groups in total. The molecule has 12 aromatic carbocycles. The lowest BCUT2D eigenvalue weighted by atomic mass is 9.74. The lowest BCUT2D eigenvalue weighted by molar-refractivity contribution is -0.385. The highest BCUT2D eigenvalue weighted by Crippen LogP contribution is 2.52. The van der Waals surface area contributed by atoms with Gasteiger partial charge in [0.1, 0.15) is 41.3 Å². The van der Waals surface area contributed by atoms with E-state index in [1.165, 1.54) is 140 Å². The first-order chi connectivity index (χ1) is 68.9. The number of benzene rings is 12. The molecule has 24 nitrogen and oxygen atoms in total. The number of primary amides is 1. The number of nitrogens with zero attached hydrogens (tertiary/aromatic N) is 8. The van der Waals surface area contributed by atoms with E-state index in [1.54, 1.807) is 6.07 Å². The highest BCUT2D eigenvalue weighted by molar-refractivity contribution is 6.33. The number of oxime groups is 1. The van der Waals surface area contributed by atoms with Crippen LogP contribution in [0.25, 0.3) is 0 Å². The minimum absolute atomic E-state index is 0. The number of non-ortho nitro benzene ring substituents is 2. The monoisotopic (exact) mass is 2050 g/mol. The first-order valence-electron chi connectivity index (χ1n) is 48.4. The zero-order chi connectivity index (χ0) is 101. The number of likely N-dealkylation sites (N-methyl/N-ethyl adjacent to an activating group) is 5. The van der Waals surface area contributed by atoms with Gasteiger partial charge in [0.2, 0.25) is 5.91 Å². The number of nitro groups is 2. The maximum absolute atomic E-state index is 12.8. The standard InChI is InChI=1S/2C26H23ClN2O4.2C20H21ClN2O2.C20H20ClNO2.C2H4O.2CH4/c2*1-28-13-12-18-14-22(27)24(33-26(30)17-6-9-19(10-7-17)29(31)32)15-21(18)25-20-5-3-2-4-16(20)8-11-23(25)28;1-23-7-6-14-9-17(21)19(24)10-16(14)20-15-8-12(11-22-25)2-3-13(15)4-5-18(20)23;1-23-7-6-12-9-16(21)18(24)10-15(12)19-14-8-13(20(22)25)3-2-11(14)4-5-17(19)23;1-22-7-6-14-9-17(21)19(24)10-16(14)20-15-8-12(11-23)2-3-13(15)4-5-18(20)22;1-2-3;;/h2*2-7,9-10,14-15,23,25H,8,11-13H2,1H3;2-3,8-11,18,20,24-25H,4-7H2,1H3;2-3,8-10,17,19,24H,4-7H2,1H3,(H2,22,25);2-3,8-11,18,20,24H,4-7H2,1H3;2H,1H3;2*1H4/b;;22-11+;;;;;/t2*23-,25+;18-,20+;17-,19+;18-,20+;;;/m00000.../s1. The van der Waals surface area contributed by atoms with Crippen LogP contribution in [0.1, 0.15) is 242 Å². The number of phenols is 3. The number of aryl methyl sites for hydroxylation is 5. The number of rotatable bonds is 9. The Morgan fingerprint density at radius 2 is 0.628 bits per heavy atom. The van der Waals surface area contributed by atoms with E-state index in [1.807, 2.05) is 91.0 Å². The van der Waals surface area contributed by atoms with Gasteiger partial charge in [-0.3, -0.25) is 29.8 Å². The number of nitro benzene ring substituents is 2. The average molecular weight is 2060 g/mol. The van der Waals surface area contributed by atoms with Crippen LogP contribution in [-0.4, -0.2) is 190 Å². The Morgan fingerprint density at radius 3 is 0.945 bits per heavy atom. The van der Waals surface area contributed by atoms with Gasteiger partial charge >= 0.3 is 11.9 Å². The normalized spacial score (nSPS) is 20.6. The van der Waals surface area contributed by atoms with Crippen LogP contribution >= 0.6 is 58.0 Å². The van der Waals surface area contributed by atoms with E-state index in [0.717, 1.165) is 181 Å². The molecule has 754 valence electrons. The Bertz CT molecular complexity index is 6750. The average Bonchev–Trinajstić information content (AvgIpc) is 1.69. The largest absolute Gasteiger partial charge is 0.506 e. The number of esters is 2. The Balaban J connectivity index is 0.000000136. The van der Waals surface area contributed by atoms with E-state index < -0.39 is 27.7 Å². The van der Waals surface area contributed by atoms with Crippen molar-refractivity contribution in [3.8, 4) is 28.7 Å². The molecular formula is C116H120Cl5N9O15. The molecule has 0 aromatic heterocycles. The summed E-state index contributed by atoms with van der Waals surface area (Å²) in [5.41, 5.74) is 32.4. The minimum Gasteiger partial charge on any atom is -0.506 e. The van der Waals surface area contributed by atoms with Crippen LogP contribution < -0.4 is 15.2 Å². The van der Waals surface area contributed by atoms with Gasteiger partial charge in [-0.05, 0) is 365 Å². The van der Waals surface area contributed by atoms with E-state index >= 15 is 0 Å². The lowest BCUT2D eigenvalue weighted by Crippen LogP contribution is -2.39. The number of phenolic OH excluding ortho intramolecular Hbond substituents is 3. The molecule has 145 heavy (non-hydrogen) atoms. The summed E-state index contributed by atoms with van der Waals surface area (Å²) in [5.74, 6) is 0.202.